The quantitative estimate of drug-likeness (QED) is 0.283. The molecule has 2 aliphatic carbocycles. The lowest BCUT2D eigenvalue weighted by molar-refractivity contribution is 0.332. The lowest BCUT2D eigenvalue weighted by Crippen LogP contribution is -2.33. The van der Waals surface area contributed by atoms with E-state index >= 15 is 0 Å². The molecule has 2 saturated carbocycles. The van der Waals surface area contributed by atoms with Crippen molar-refractivity contribution in [3.05, 3.63) is 0 Å². The molecule has 0 N–H and O–H groups in total. The van der Waals surface area contributed by atoms with E-state index in [1.807, 2.05) is 0 Å². The predicted molar refractivity (Wildman–Crippen MR) is 126 cm³/mol. The molecule has 0 aromatic heterocycles. The fourth-order valence-corrected chi connectivity index (χ4v) is 8.55. The van der Waals surface area contributed by atoms with Gasteiger partial charge in [-0.1, -0.05) is 91.9 Å². The summed E-state index contributed by atoms with van der Waals surface area (Å²) in [5, 5.41) is 1.93. The maximum Gasteiger partial charge on any atom is 0.0106 e. The lowest BCUT2D eigenvalue weighted by atomic mass is 9.86. The molecule has 0 amide bonds. The Balaban J connectivity index is 2.15. The molecular weight excluding hydrogens is 344 g/mol. The molecule has 0 aromatic rings. The number of unbranched alkanes of at least 4 members (excludes halogenated alkanes) is 2. The third-order valence-corrected chi connectivity index (χ3v) is 10.0. The summed E-state index contributed by atoms with van der Waals surface area (Å²) < 4.78 is 0. The highest BCUT2D eigenvalue weighted by Crippen LogP contribution is 2.48. The van der Waals surface area contributed by atoms with E-state index in [1.54, 1.807) is 0 Å². The summed E-state index contributed by atoms with van der Waals surface area (Å²) in [6.07, 6.45) is 23.6. The minimum Gasteiger partial charge on any atom is -0.154 e. The van der Waals surface area contributed by atoms with Gasteiger partial charge in [-0.15, -0.1) is 0 Å². The van der Waals surface area contributed by atoms with Crippen LogP contribution in [0.4, 0.5) is 0 Å². The molecule has 0 aromatic carbocycles. The summed E-state index contributed by atoms with van der Waals surface area (Å²) in [6.45, 7) is 9.73. The molecule has 0 aliphatic heterocycles. The van der Waals surface area contributed by atoms with Gasteiger partial charge in [0.05, 0.1) is 0 Å². The van der Waals surface area contributed by atoms with Crippen molar-refractivity contribution in [2.45, 2.75) is 141 Å². The maximum absolute atomic E-state index is 2.55. The molecule has 4 unspecified atom stereocenters. The van der Waals surface area contributed by atoms with Gasteiger partial charge in [-0.2, -0.15) is 11.8 Å². The van der Waals surface area contributed by atoms with E-state index in [2.05, 4.69) is 39.5 Å². The van der Waals surface area contributed by atoms with Gasteiger partial charge in [0.15, 0.2) is 0 Å². The highest BCUT2D eigenvalue weighted by atomic mass is 32.2. The van der Waals surface area contributed by atoms with Crippen LogP contribution in [0, 0.1) is 23.7 Å². The van der Waals surface area contributed by atoms with Crippen molar-refractivity contribution >= 4 is 11.8 Å². The fraction of sp³-hybridized carbons (Fsp3) is 1.00. The summed E-state index contributed by atoms with van der Waals surface area (Å²) in [4.78, 5) is 0. The third-order valence-electron chi connectivity index (χ3n) is 7.88. The summed E-state index contributed by atoms with van der Waals surface area (Å²) in [5.41, 5.74) is 0. The highest BCUT2D eigenvalue weighted by Gasteiger charge is 2.38. The minimum atomic E-state index is 0.963. The first kappa shape index (κ1) is 23.6. The van der Waals surface area contributed by atoms with Gasteiger partial charge < -0.3 is 0 Å². The van der Waals surface area contributed by atoms with E-state index in [0.29, 0.717) is 0 Å². The molecule has 27 heavy (non-hydrogen) atoms. The molecule has 0 saturated heterocycles. The van der Waals surface area contributed by atoms with Crippen LogP contribution in [0.3, 0.4) is 0 Å². The van der Waals surface area contributed by atoms with E-state index in [9.17, 15) is 0 Å². The van der Waals surface area contributed by atoms with Crippen molar-refractivity contribution in [3.8, 4) is 0 Å². The number of hydrogen-bond donors (Lipinski definition) is 0. The summed E-state index contributed by atoms with van der Waals surface area (Å²) in [7, 11) is 0. The van der Waals surface area contributed by atoms with E-state index in [1.165, 1.54) is 103 Å². The molecule has 0 nitrogen and oxygen atoms in total. The average molecular weight is 395 g/mol. The largest absolute Gasteiger partial charge is 0.154 e. The average Bonchev–Trinajstić information content (AvgIpc) is 3.40. The number of hydrogen-bond acceptors (Lipinski definition) is 1. The Hall–Kier alpha value is 0.350. The molecule has 2 fully saturated rings. The SMILES string of the molecule is CCCCC(CC)C(SC(C(CC)CCCC)C1CCCC1)C1CCCC1. The maximum atomic E-state index is 2.55. The monoisotopic (exact) mass is 394 g/mol. The Morgan fingerprint density at radius 2 is 1.00 bits per heavy atom. The van der Waals surface area contributed by atoms with Crippen molar-refractivity contribution < 1.29 is 0 Å². The van der Waals surface area contributed by atoms with Crippen molar-refractivity contribution in [1.29, 1.82) is 0 Å². The van der Waals surface area contributed by atoms with Crippen LogP contribution in [-0.4, -0.2) is 10.5 Å². The van der Waals surface area contributed by atoms with E-state index < -0.39 is 0 Å². The van der Waals surface area contributed by atoms with Crippen LogP contribution in [0.5, 0.6) is 0 Å². The van der Waals surface area contributed by atoms with Gasteiger partial charge in [-0.25, -0.2) is 0 Å². The first-order valence-electron chi connectivity index (χ1n) is 12.9. The van der Waals surface area contributed by atoms with Gasteiger partial charge in [-0.05, 0) is 62.2 Å². The molecule has 0 heterocycles. The number of rotatable bonds is 14. The molecule has 2 rings (SSSR count). The first-order valence-corrected chi connectivity index (χ1v) is 13.8. The Labute approximate surface area is 176 Å². The van der Waals surface area contributed by atoms with E-state index in [0.717, 1.165) is 34.2 Å². The van der Waals surface area contributed by atoms with Crippen LogP contribution < -0.4 is 0 Å². The second-order valence-electron chi connectivity index (χ2n) is 9.78. The van der Waals surface area contributed by atoms with Crippen LogP contribution in [0.1, 0.15) is 130 Å². The molecule has 160 valence electrons. The molecule has 0 radical (unpaired) electrons. The van der Waals surface area contributed by atoms with Gasteiger partial charge in [0.1, 0.15) is 0 Å². The molecular formula is C26H50S. The molecule has 0 bridgehead atoms. The Bertz CT molecular complexity index is 319. The van der Waals surface area contributed by atoms with Gasteiger partial charge in [0.25, 0.3) is 0 Å². The Kier molecular flexibility index (Phi) is 11.9. The van der Waals surface area contributed by atoms with Gasteiger partial charge in [0, 0.05) is 10.5 Å². The minimum absolute atomic E-state index is 0.963. The third kappa shape index (κ3) is 7.27. The van der Waals surface area contributed by atoms with Gasteiger partial charge in [0.2, 0.25) is 0 Å². The van der Waals surface area contributed by atoms with Crippen molar-refractivity contribution in [2.24, 2.45) is 23.7 Å². The molecule has 4 atom stereocenters. The van der Waals surface area contributed by atoms with Gasteiger partial charge in [-0.3, -0.25) is 0 Å². The smallest absolute Gasteiger partial charge is 0.0106 e. The number of thioether (sulfide) groups is 1. The van der Waals surface area contributed by atoms with Gasteiger partial charge >= 0.3 is 0 Å². The summed E-state index contributed by atoms with van der Waals surface area (Å²) in [5.74, 6) is 4.02. The second-order valence-corrected chi connectivity index (χ2v) is 11.1. The summed E-state index contributed by atoms with van der Waals surface area (Å²) >= 11 is 2.55. The zero-order valence-electron chi connectivity index (χ0n) is 19.2. The zero-order valence-corrected chi connectivity index (χ0v) is 20.0. The molecule has 2 aliphatic rings. The summed E-state index contributed by atoms with van der Waals surface area (Å²) in [6, 6.07) is 0. The Morgan fingerprint density at radius 3 is 1.30 bits per heavy atom. The molecule has 0 spiro atoms. The normalized spacial score (nSPS) is 23.6. The topological polar surface area (TPSA) is 0 Å². The first-order chi connectivity index (χ1) is 13.2. The van der Waals surface area contributed by atoms with Crippen LogP contribution in [0.25, 0.3) is 0 Å². The Morgan fingerprint density at radius 1 is 0.630 bits per heavy atom. The molecule has 1 heteroatoms. The standard InChI is InChI=1S/C26H50S/c1-5-9-15-21(7-3)25(23-17-11-12-18-23)27-26(24-19-13-14-20-24)22(8-4)16-10-6-2/h21-26H,5-20H2,1-4H3. The van der Waals surface area contributed by atoms with Crippen molar-refractivity contribution in [1.82, 2.24) is 0 Å². The zero-order chi connectivity index (χ0) is 19.5. The van der Waals surface area contributed by atoms with Crippen LogP contribution >= 0.6 is 11.8 Å². The van der Waals surface area contributed by atoms with E-state index in [-0.39, 0.29) is 0 Å². The predicted octanol–water partition coefficient (Wildman–Crippen LogP) is 9.27. The van der Waals surface area contributed by atoms with Crippen LogP contribution in [0.15, 0.2) is 0 Å². The highest BCUT2D eigenvalue weighted by molar-refractivity contribution is 8.00. The van der Waals surface area contributed by atoms with Crippen LogP contribution in [-0.2, 0) is 0 Å². The lowest BCUT2D eigenvalue weighted by Gasteiger charge is -2.39. The van der Waals surface area contributed by atoms with Crippen molar-refractivity contribution in [2.75, 3.05) is 0 Å². The van der Waals surface area contributed by atoms with Crippen molar-refractivity contribution in [3.63, 3.8) is 0 Å². The second kappa shape index (κ2) is 13.6. The van der Waals surface area contributed by atoms with E-state index in [4.69, 9.17) is 0 Å². The fourth-order valence-electron chi connectivity index (χ4n) is 6.10. The van der Waals surface area contributed by atoms with Crippen LogP contribution in [0.2, 0.25) is 0 Å².